The first-order valence-corrected chi connectivity index (χ1v) is 4.99. The van der Waals surface area contributed by atoms with Crippen LogP contribution in [0.5, 0.6) is 0 Å². The van der Waals surface area contributed by atoms with Gasteiger partial charge in [0.15, 0.2) is 0 Å². The van der Waals surface area contributed by atoms with Crippen molar-refractivity contribution in [2.75, 3.05) is 5.33 Å². The lowest BCUT2D eigenvalue weighted by Crippen LogP contribution is -2.25. The van der Waals surface area contributed by atoms with Gasteiger partial charge in [-0.05, 0) is 5.92 Å². The molecule has 55 valence electrons. The quantitative estimate of drug-likeness (QED) is 0.694. The van der Waals surface area contributed by atoms with E-state index in [2.05, 4.69) is 31.9 Å². The first-order chi connectivity index (χ1) is 4.09. The Balaban J connectivity index is 3.58. The summed E-state index contributed by atoms with van der Waals surface area (Å²) in [4.78, 5) is 0.0671. The lowest BCUT2D eigenvalue weighted by molar-refractivity contribution is 0.0539. The number of rotatable bonds is 3. The second-order valence-electron chi connectivity index (χ2n) is 2.38. The van der Waals surface area contributed by atoms with Gasteiger partial charge in [0.05, 0.1) is 4.83 Å². The summed E-state index contributed by atoms with van der Waals surface area (Å²) >= 11 is 6.52. The molecule has 0 rings (SSSR count). The van der Waals surface area contributed by atoms with Gasteiger partial charge >= 0.3 is 0 Å². The second kappa shape index (κ2) is 4.69. The standard InChI is InChI=1S/C6H11Br2O/c1-4(2)6(9)5(8)3-7/h4-6H,3H2,1-2H3. The molecule has 0 spiro atoms. The molecule has 2 unspecified atom stereocenters. The predicted octanol–water partition coefficient (Wildman–Crippen LogP) is 2.60. The van der Waals surface area contributed by atoms with Crippen LogP contribution in [0.4, 0.5) is 0 Å². The van der Waals surface area contributed by atoms with E-state index in [4.69, 9.17) is 0 Å². The predicted molar refractivity (Wildman–Crippen MR) is 45.8 cm³/mol. The minimum absolute atomic E-state index is 0.0671. The second-order valence-corrected chi connectivity index (χ2v) is 4.20. The summed E-state index contributed by atoms with van der Waals surface area (Å²) in [5, 5.41) is 11.8. The summed E-state index contributed by atoms with van der Waals surface area (Å²) in [6.07, 6.45) is -0.496. The lowest BCUT2D eigenvalue weighted by atomic mass is 10.1. The average molecular weight is 259 g/mol. The van der Waals surface area contributed by atoms with E-state index in [-0.39, 0.29) is 10.7 Å². The zero-order valence-electron chi connectivity index (χ0n) is 5.60. The van der Waals surface area contributed by atoms with Crippen molar-refractivity contribution in [2.45, 2.75) is 24.8 Å². The van der Waals surface area contributed by atoms with E-state index in [1.165, 1.54) is 0 Å². The number of alkyl halides is 2. The lowest BCUT2D eigenvalue weighted by Gasteiger charge is -2.15. The van der Waals surface area contributed by atoms with Crippen molar-refractivity contribution in [3.05, 3.63) is 0 Å². The van der Waals surface area contributed by atoms with Gasteiger partial charge in [-0.25, -0.2) is 5.11 Å². The molecule has 9 heavy (non-hydrogen) atoms. The molecule has 0 aliphatic carbocycles. The Kier molecular flexibility index (Phi) is 5.17. The van der Waals surface area contributed by atoms with Crippen LogP contribution in [-0.4, -0.2) is 16.3 Å². The molecule has 2 atom stereocenters. The third-order valence-electron chi connectivity index (χ3n) is 1.16. The van der Waals surface area contributed by atoms with Crippen LogP contribution in [0.15, 0.2) is 0 Å². The van der Waals surface area contributed by atoms with E-state index >= 15 is 0 Å². The van der Waals surface area contributed by atoms with Gasteiger partial charge in [0.2, 0.25) is 0 Å². The molecule has 0 bridgehead atoms. The van der Waals surface area contributed by atoms with Crippen LogP contribution >= 0.6 is 31.9 Å². The monoisotopic (exact) mass is 257 g/mol. The van der Waals surface area contributed by atoms with Crippen molar-refractivity contribution >= 4 is 31.9 Å². The number of hydrogen-bond acceptors (Lipinski definition) is 0. The highest BCUT2D eigenvalue weighted by Gasteiger charge is 2.19. The molecular weight excluding hydrogens is 248 g/mol. The topological polar surface area (TPSA) is 19.9 Å². The maximum absolute atomic E-state index is 11.1. The Morgan fingerprint density at radius 2 is 1.89 bits per heavy atom. The molecule has 3 heteroatoms. The third kappa shape index (κ3) is 3.58. The van der Waals surface area contributed by atoms with Gasteiger partial charge in [-0.1, -0.05) is 45.7 Å². The van der Waals surface area contributed by atoms with E-state index in [1.54, 1.807) is 0 Å². The maximum atomic E-state index is 11.1. The Morgan fingerprint density at radius 1 is 1.44 bits per heavy atom. The molecule has 0 aliphatic rings. The molecule has 0 aliphatic heterocycles. The van der Waals surface area contributed by atoms with Crippen molar-refractivity contribution in [1.29, 1.82) is 0 Å². The highest BCUT2D eigenvalue weighted by molar-refractivity contribution is 9.12. The fourth-order valence-corrected chi connectivity index (χ4v) is 1.48. The van der Waals surface area contributed by atoms with Gasteiger partial charge in [-0.15, -0.1) is 0 Å². The Labute approximate surface area is 73.1 Å². The van der Waals surface area contributed by atoms with Crippen LogP contribution in [0.25, 0.3) is 0 Å². The first kappa shape index (κ1) is 9.92. The molecule has 0 aromatic carbocycles. The van der Waals surface area contributed by atoms with Gasteiger partial charge < -0.3 is 0 Å². The molecule has 1 radical (unpaired) electrons. The van der Waals surface area contributed by atoms with Crippen LogP contribution in [0.1, 0.15) is 13.8 Å². The molecule has 0 saturated carbocycles. The van der Waals surface area contributed by atoms with Crippen molar-refractivity contribution in [3.63, 3.8) is 0 Å². The van der Waals surface area contributed by atoms with Crippen molar-refractivity contribution in [3.8, 4) is 0 Å². The smallest absolute Gasteiger partial charge is 0.108 e. The van der Waals surface area contributed by atoms with Crippen molar-refractivity contribution < 1.29 is 5.11 Å². The van der Waals surface area contributed by atoms with Crippen molar-refractivity contribution in [2.24, 2.45) is 5.92 Å². The molecule has 0 aromatic rings. The molecule has 0 saturated heterocycles. The number of hydrogen-bond donors (Lipinski definition) is 0. The molecular formula is C6H11Br2O. The van der Waals surface area contributed by atoms with Crippen LogP contribution in [0.3, 0.4) is 0 Å². The van der Waals surface area contributed by atoms with E-state index in [1.807, 2.05) is 13.8 Å². The maximum Gasteiger partial charge on any atom is 0.108 e. The Bertz CT molecular complexity index is 75.5. The molecule has 0 heterocycles. The van der Waals surface area contributed by atoms with Crippen LogP contribution < -0.4 is 0 Å². The Morgan fingerprint density at radius 3 is 2.00 bits per heavy atom. The molecule has 0 fully saturated rings. The normalized spacial score (nSPS) is 18.0. The van der Waals surface area contributed by atoms with E-state index in [9.17, 15) is 5.11 Å². The zero-order chi connectivity index (χ0) is 7.44. The molecule has 0 aromatic heterocycles. The van der Waals surface area contributed by atoms with E-state index in [0.717, 1.165) is 5.33 Å². The summed E-state index contributed by atoms with van der Waals surface area (Å²) in [5.41, 5.74) is 0. The van der Waals surface area contributed by atoms with Gasteiger partial charge in [0, 0.05) is 5.33 Å². The van der Waals surface area contributed by atoms with E-state index < -0.39 is 6.10 Å². The minimum atomic E-state index is -0.496. The highest BCUT2D eigenvalue weighted by atomic mass is 79.9. The van der Waals surface area contributed by atoms with Crippen LogP contribution in [0, 0.1) is 5.92 Å². The van der Waals surface area contributed by atoms with Gasteiger partial charge in [-0.3, -0.25) is 0 Å². The highest BCUT2D eigenvalue weighted by Crippen LogP contribution is 2.15. The van der Waals surface area contributed by atoms with Gasteiger partial charge in [-0.2, -0.15) is 0 Å². The van der Waals surface area contributed by atoms with Crippen LogP contribution in [-0.2, 0) is 5.11 Å². The fourth-order valence-electron chi connectivity index (χ4n) is 0.505. The minimum Gasteiger partial charge on any atom is -0.232 e. The van der Waals surface area contributed by atoms with Crippen molar-refractivity contribution in [1.82, 2.24) is 0 Å². The van der Waals surface area contributed by atoms with Gasteiger partial charge in [0.25, 0.3) is 0 Å². The molecule has 0 N–H and O–H groups in total. The summed E-state index contributed by atoms with van der Waals surface area (Å²) in [6, 6.07) is 0. The zero-order valence-corrected chi connectivity index (χ0v) is 8.78. The summed E-state index contributed by atoms with van der Waals surface area (Å²) in [6.45, 7) is 3.88. The molecule has 1 nitrogen and oxygen atoms in total. The summed E-state index contributed by atoms with van der Waals surface area (Å²) < 4.78 is 0. The SMILES string of the molecule is CC(C)C([O])C(Br)CBr. The Hall–Kier alpha value is 0.920. The van der Waals surface area contributed by atoms with E-state index in [0.29, 0.717) is 0 Å². The average Bonchev–Trinajstić information content (AvgIpc) is 1.84. The summed E-state index contributed by atoms with van der Waals surface area (Å²) in [5.74, 6) is 0.215. The van der Waals surface area contributed by atoms with Gasteiger partial charge in [0.1, 0.15) is 6.10 Å². The van der Waals surface area contributed by atoms with Crippen LogP contribution in [0.2, 0.25) is 0 Å². The fraction of sp³-hybridized carbons (Fsp3) is 1.00. The number of halogens is 2. The summed E-state index contributed by atoms with van der Waals surface area (Å²) in [7, 11) is 0. The molecule has 0 amide bonds. The third-order valence-corrected chi connectivity index (χ3v) is 3.57. The largest absolute Gasteiger partial charge is 0.232 e. The first-order valence-electron chi connectivity index (χ1n) is 2.95.